The van der Waals surface area contributed by atoms with Crippen LogP contribution in [-0.4, -0.2) is 55.2 Å². The minimum atomic E-state index is -0.251. The lowest BCUT2D eigenvalue weighted by atomic mass is 9.49. The quantitative estimate of drug-likeness (QED) is 0.630. The van der Waals surface area contributed by atoms with Gasteiger partial charge in [0.05, 0.1) is 28.8 Å². The van der Waals surface area contributed by atoms with E-state index in [9.17, 15) is 9.18 Å². The van der Waals surface area contributed by atoms with Crippen LogP contribution in [0.1, 0.15) is 44.9 Å². The summed E-state index contributed by atoms with van der Waals surface area (Å²) in [6, 6.07) is 4.72. The fraction of sp³-hybridized carbons (Fsp3) is 0.680. The van der Waals surface area contributed by atoms with Gasteiger partial charge in [0.15, 0.2) is 5.13 Å². The Labute approximate surface area is 192 Å². The average molecular weight is 458 g/mol. The summed E-state index contributed by atoms with van der Waals surface area (Å²) in [5.74, 6) is 2.22. The Balaban J connectivity index is 1.27. The molecule has 0 N–H and O–H groups in total. The molecule has 1 saturated heterocycles. The predicted octanol–water partition coefficient (Wildman–Crippen LogP) is 4.71. The topological polar surface area (TPSA) is 45.7 Å². The Bertz CT molecular complexity index is 967. The van der Waals surface area contributed by atoms with Gasteiger partial charge >= 0.3 is 0 Å². The van der Waals surface area contributed by atoms with E-state index in [1.807, 2.05) is 4.90 Å². The lowest BCUT2D eigenvalue weighted by Crippen LogP contribution is -2.55. The molecular weight excluding hydrogens is 425 g/mol. The van der Waals surface area contributed by atoms with Crippen molar-refractivity contribution in [1.29, 1.82) is 0 Å². The molecule has 0 radical (unpaired) electrons. The summed E-state index contributed by atoms with van der Waals surface area (Å²) in [5.41, 5.74) is 0.583. The van der Waals surface area contributed by atoms with Crippen LogP contribution in [0, 0.1) is 29.0 Å². The van der Waals surface area contributed by atoms with Crippen molar-refractivity contribution in [3.63, 3.8) is 0 Å². The molecule has 5 nitrogen and oxygen atoms in total. The lowest BCUT2D eigenvalue weighted by Gasteiger charge is -2.56. The molecule has 1 aromatic carbocycles. The molecule has 1 aromatic heterocycles. The number of morpholine rings is 1. The van der Waals surface area contributed by atoms with Crippen LogP contribution in [0.15, 0.2) is 18.2 Å². The van der Waals surface area contributed by atoms with Crippen molar-refractivity contribution < 1.29 is 13.9 Å². The SMILES string of the molecule is O=C(N(CCCN1CCOCC1)c1nc2ccc(F)cc2s1)C12CC3CC(CC(C3)C1)C2. The molecule has 1 aliphatic heterocycles. The number of halogens is 1. The monoisotopic (exact) mass is 457 g/mol. The van der Waals surface area contributed by atoms with Crippen molar-refractivity contribution >= 4 is 32.6 Å². The molecule has 2 aromatic rings. The Kier molecular flexibility index (Phi) is 5.47. The summed E-state index contributed by atoms with van der Waals surface area (Å²) >= 11 is 1.46. The van der Waals surface area contributed by atoms with Gasteiger partial charge in [0.25, 0.3) is 0 Å². The van der Waals surface area contributed by atoms with E-state index in [1.165, 1.54) is 42.7 Å². The van der Waals surface area contributed by atoms with Crippen LogP contribution < -0.4 is 4.90 Å². The van der Waals surface area contributed by atoms with E-state index in [1.54, 1.807) is 6.07 Å². The molecule has 172 valence electrons. The fourth-order valence-corrected chi connectivity index (χ4v) is 8.24. The van der Waals surface area contributed by atoms with Crippen LogP contribution in [0.5, 0.6) is 0 Å². The number of anilines is 1. The van der Waals surface area contributed by atoms with Gasteiger partial charge in [-0.25, -0.2) is 9.37 Å². The Hall–Kier alpha value is -1.57. The van der Waals surface area contributed by atoms with Crippen LogP contribution in [0.2, 0.25) is 0 Å². The van der Waals surface area contributed by atoms with Crippen LogP contribution in [0.3, 0.4) is 0 Å². The zero-order valence-electron chi connectivity index (χ0n) is 18.6. The Morgan fingerprint density at radius 1 is 1.16 bits per heavy atom. The largest absolute Gasteiger partial charge is 0.379 e. The molecule has 32 heavy (non-hydrogen) atoms. The standard InChI is InChI=1S/C25H32FN3O2S/c26-20-2-3-21-22(13-20)32-24(27-21)29(5-1-4-28-6-8-31-9-7-28)23(30)25-14-17-10-18(15-25)12-19(11-17)16-25/h2-3,13,17-19H,1,4-12,14-16H2. The van der Waals surface area contributed by atoms with Gasteiger partial charge < -0.3 is 4.74 Å². The number of fused-ring (bicyclic) bond motifs is 1. The fourth-order valence-electron chi connectivity index (χ4n) is 7.22. The molecule has 4 bridgehead atoms. The van der Waals surface area contributed by atoms with Crippen molar-refractivity contribution in [2.24, 2.45) is 23.2 Å². The van der Waals surface area contributed by atoms with Gasteiger partial charge in [-0.3, -0.25) is 14.6 Å². The van der Waals surface area contributed by atoms with Gasteiger partial charge in [-0.1, -0.05) is 11.3 Å². The van der Waals surface area contributed by atoms with Crippen molar-refractivity contribution in [2.75, 3.05) is 44.3 Å². The van der Waals surface area contributed by atoms with E-state index in [0.717, 1.165) is 91.6 Å². The molecule has 7 rings (SSSR count). The molecule has 7 heteroatoms. The normalized spacial score (nSPS) is 32.0. The maximum Gasteiger partial charge on any atom is 0.235 e. The number of hydrogen-bond donors (Lipinski definition) is 0. The van der Waals surface area contributed by atoms with Gasteiger partial charge in [0.1, 0.15) is 5.82 Å². The van der Waals surface area contributed by atoms with E-state index >= 15 is 0 Å². The van der Waals surface area contributed by atoms with E-state index in [4.69, 9.17) is 9.72 Å². The molecule has 1 amide bonds. The van der Waals surface area contributed by atoms with Crippen LogP contribution >= 0.6 is 11.3 Å². The summed E-state index contributed by atoms with van der Waals surface area (Å²) in [4.78, 5) is 23.4. The van der Waals surface area contributed by atoms with Gasteiger partial charge in [0, 0.05) is 26.2 Å². The number of carbonyl (C=O) groups is 1. The van der Waals surface area contributed by atoms with Crippen LogP contribution in [0.4, 0.5) is 9.52 Å². The highest BCUT2D eigenvalue weighted by atomic mass is 32.1. The van der Waals surface area contributed by atoms with Crippen LogP contribution in [-0.2, 0) is 9.53 Å². The van der Waals surface area contributed by atoms with E-state index < -0.39 is 0 Å². The Morgan fingerprint density at radius 2 is 1.84 bits per heavy atom. The maximum atomic E-state index is 14.2. The summed E-state index contributed by atoms with van der Waals surface area (Å²) in [5, 5.41) is 0.744. The number of aromatic nitrogens is 1. The number of amides is 1. The molecule has 2 heterocycles. The number of benzene rings is 1. The maximum absolute atomic E-state index is 14.2. The molecule has 0 atom stereocenters. The number of carbonyl (C=O) groups excluding carboxylic acids is 1. The first kappa shape index (κ1) is 21.0. The number of hydrogen-bond acceptors (Lipinski definition) is 5. The Morgan fingerprint density at radius 3 is 2.53 bits per heavy atom. The molecule has 4 aliphatic carbocycles. The third-order valence-electron chi connectivity index (χ3n) is 8.27. The second-order valence-electron chi connectivity index (χ2n) is 10.6. The molecule has 5 fully saturated rings. The van der Waals surface area contributed by atoms with Crippen molar-refractivity contribution in [2.45, 2.75) is 44.9 Å². The van der Waals surface area contributed by atoms with Crippen LogP contribution in [0.25, 0.3) is 10.2 Å². The lowest BCUT2D eigenvalue weighted by molar-refractivity contribution is -0.143. The number of thiazole rings is 1. The summed E-state index contributed by atoms with van der Waals surface area (Å²) in [6.45, 7) is 5.15. The molecular formula is C25H32FN3O2S. The minimum absolute atomic E-state index is 0.198. The molecule has 0 unspecified atom stereocenters. The van der Waals surface area contributed by atoms with Crippen molar-refractivity contribution in [3.05, 3.63) is 24.0 Å². The molecule has 4 saturated carbocycles. The third-order valence-corrected chi connectivity index (χ3v) is 9.31. The number of rotatable bonds is 6. The highest BCUT2D eigenvalue weighted by molar-refractivity contribution is 7.22. The second kappa shape index (κ2) is 8.33. The average Bonchev–Trinajstić information content (AvgIpc) is 3.19. The zero-order valence-corrected chi connectivity index (χ0v) is 19.4. The smallest absolute Gasteiger partial charge is 0.235 e. The molecule has 5 aliphatic rings. The summed E-state index contributed by atoms with van der Waals surface area (Å²) < 4.78 is 20.1. The minimum Gasteiger partial charge on any atom is -0.379 e. The predicted molar refractivity (Wildman–Crippen MR) is 124 cm³/mol. The van der Waals surface area contributed by atoms with Gasteiger partial charge in [-0.05, 0) is 80.9 Å². The number of ether oxygens (including phenoxy) is 1. The highest BCUT2D eigenvalue weighted by Gasteiger charge is 2.56. The molecule has 0 spiro atoms. The summed E-state index contributed by atoms with van der Waals surface area (Å²) in [7, 11) is 0. The van der Waals surface area contributed by atoms with E-state index in [0.29, 0.717) is 6.54 Å². The van der Waals surface area contributed by atoms with Gasteiger partial charge in [-0.2, -0.15) is 0 Å². The first-order valence-corrected chi connectivity index (χ1v) is 13.1. The first-order valence-electron chi connectivity index (χ1n) is 12.3. The second-order valence-corrected chi connectivity index (χ2v) is 11.6. The zero-order chi connectivity index (χ0) is 21.7. The summed E-state index contributed by atoms with van der Waals surface area (Å²) in [6.07, 6.45) is 8.05. The third kappa shape index (κ3) is 3.86. The van der Waals surface area contributed by atoms with E-state index in [-0.39, 0.29) is 17.1 Å². The first-order chi connectivity index (χ1) is 15.6. The highest BCUT2D eigenvalue weighted by Crippen LogP contribution is 2.60. The van der Waals surface area contributed by atoms with Crippen molar-refractivity contribution in [3.8, 4) is 0 Å². The number of nitrogens with zero attached hydrogens (tertiary/aromatic N) is 3. The van der Waals surface area contributed by atoms with E-state index in [2.05, 4.69) is 4.90 Å². The van der Waals surface area contributed by atoms with Gasteiger partial charge in [-0.15, -0.1) is 0 Å². The van der Waals surface area contributed by atoms with Crippen molar-refractivity contribution in [1.82, 2.24) is 9.88 Å². The van der Waals surface area contributed by atoms with Gasteiger partial charge in [0.2, 0.25) is 5.91 Å².